The molecular weight excluding hydrogens is 321 g/mol. The summed E-state index contributed by atoms with van der Waals surface area (Å²) in [6, 6.07) is 5.77. The van der Waals surface area contributed by atoms with Gasteiger partial charge in [-0.2, -0.15) is 0 Å². The lowest BCUT2D eigenvalue weighted by Gasteiger charge is -2.26. The maximum atomic E-state index is 13.2. The van der Waals surface area contributed by atoms with Crippen LogP contribution in [0.2, 0.25) is 0 Å². The van der Waals surface area contributed by atoms with Gasteiger partial charge >= 0.3 is 6.03 Å². The second-order valence-electron chi connectivity index (χ2n) is 6.71. The minimum absolute atomic E-state index is 0.116. The Hall–Kier alpha value is -2.44. The van der Waals surface area contributed by atoms with Gasteiger partial charge < -0.3 is 15.2 Å². The summed E-state index contributed by atoms with van der Waals surface area (Å²) >= 11 is 0. The van der Waals surface area contributed by atoms with Gasteiger partial charge in [0.2, 0.25) is 0 Å². The number of amides is 2. The van der Waals surface area contributed by atoms with Gasteiger partial charge in [0.15, 0.2) is 5.82 Å². The van der Waals surface area contributed by atoms with E-state index in [1.165, 1.54) is 25.0 Å². The van der Waals surface area contributed by atoms with Crippen LogP contribution in [0.15, 0.2) is 30.6 Å². The first-order valence-corrected chi connectivity index (χ1v) is 8.71. The molecule has 1 aliphatic rings. The fourth-order valence-electron chi connectivity index (χ4n) is 3.56. The van der Waals surface area contributed by atoms with Crippen LogP contribution in [0, 0.1) is 11.7 Å². The van der Waals surface area contributed by atoms with Gasteiger partial charge in [-0.1, -0.05) is 25.0 Å². The van der Waals surface area contributed by atoms with Crippen molar-refractivity contribution in [1.82, 2.24) is 25.4 Å². The van der Waals surface area contributed by atoms with Crippen molar-refractivity contribution in [2.45, 2.75) is 44.7 Å². The van der Waals surface area contributed by atoms with Crippen LogP contribution >= 0.6 is 0 Å². The molecule has 2 N–H and O–H groups in total. The summed E-state index contributed by atoms with van der Waals surface area (Å²) in [5.41, 5.74) is 0.940. The number of carbonyl (C=O) groups excluding carboxylic acids is 1. The lowest BCUT2D eigenvalue weighted by atomic mass is 9.91. The molecule has 1 heterocycles. The molecule has 1 aromatic carbocycles. The van der Waals surface area contributed by atoms with Gasteiger partial charge in [-0.05, 0) is 43.4 Å². The highest BCUT2D eigenvalue weighted by molar-refractivity contribution is 5.74. The van der Waals surface area contributed by atoms with Crippen molar-refractivity contribution in [2.75, 3.05) is 0 Å². The molecule has 0 bridgehead atoms. The highest BCUT2D eigenvalue weighted by atomic mass is 19.1. The van der Waals surface area contributed by atoms with Crippen LogP contribution in [-0.2, 0) is 7.05 Å². The Bertz CT molecular complexity index is 709. The minimum atomic E-state index is -0.269. The highest BCUT2D eigenvalue weighted by Gasteiger charge is 2.28. The summed E-state index contributed by atoms with van der Waals surface area (Å²) in [7, 11) is 1.84. The number of carbonyl (C=O) groups is 1. The predicted octanol–water partition coefficient (Wildman–Crippen LogP) is 3.25. The Balaban J connectivity index is 1.70. The van der Waals surface area contributed by atoms with Crippen molar-refractivity contribution in [2.24, 2.45) is 13.0 Å². The van der Waals surface area contributed by atoms with Gasteiger partial charge in [0.1, 0.15) is 12.1 Å². The Morgan fingerprint density at radius 1 is 1.24 bits per heavy atom. The zero-order chi connectivity index (χ0) is 17.8. The fraction of sp³-hybridized carbons (Fsp3) is 0.500. The molecule has 25 heavy (non-hydrogen) atoms. The number of nitrogens with zero attached hydrogens (tertiary/aromatic N) is 3. The number of halogens is 1. The Morgan fingerprint density at radius 3 is 2.52 bits per heavy atom. The number of hydrogen-bond acceptors (Lipinski definition) is 3. The topological polar surface area (TPSA) is 71.8 Å². The van der Waals surface area contributed by atoms with Gasteiger partial charge in [-0.3, -0.25) is 0 Å². The Labute approximate surface area is 146 Å². The summed E-state index contributed by atoms with van der Waals surface area (Å²) < 4.78 is 15.0. The first-order valence-electron chi connectivity index (χ1n) is 8.71. The monoisotopic (exact) mass is 345 g/mol. The number of urea groups is 1. The molecule has 7 heteroatoms. The van der Waals surface area contributed by atoms with Crippen molar-refractivity contribution >= 4 is 6.03 Å². The van der Waals surface area contributed by atoms with E-state index < -0.39 is 0 Å². The summed E-state index contributed by atoms with van der Waals surface area (Å²) in [5, 5.41) is 13.8. The van der Waals surface area contributed by atoms with E-state index in [4.69, 9.17) is 0 Å². The summed E-state index contributed by atoms with van der Waals surface area (Å²) in [6.07, 6.45) is 6.08. The summed E-state index contributed by atoms with van der Waals surface area (Å²) in [4.78, 5) is 12.5. The molecule has 6 nitrogen and oxygen atoms in total. The van der Waals surface area contributed by atoms with Crippen molar-refractivity contribution in [1.29, 1.82) is 0 Å². The number of aryl methyl sites for hydroxylation is 1. The highest BCUT2D eigenvalue weighted by Crippen LogP contribution is 2.35. The molecular formula is C18H24FN5O. The lowest BCUT2D eigenvalue weighted by Crippen LogP contribution is -2.41. The minimum Gasteiger partial charge on any atom is -0.331 e. The molecule has 0 aliphatic heterocycles. The number of nitrogens with one attached hydrogen (secondary N) is 2. The van der Waals surface area contributed by atoms with Crippen molar-refractivity contribution in [3.8, 4) is 0 Å². The second-order valence-corrected chi connectivity index (χ2v) is 6.71. The first kappa shape index (κ1) is 17.4. The van der Waals surface area contributed by atoms with Crippen molar-refractivity contribution in [3.05, 3.63) is 47.8 Å². The number of rotatable bonds is 5. The van der Waals surface area contributed by atoms with E-state index in [0.717, 1.165) is 18.4 Å². The molecule has 0 unspecified atom stereocenters. The van der Waals surface area contributed by atoms with E-state index in [2.05, 4.69) is 20.8 Å². The van der Waals surface area contributed by atoms with Gasteiger partial charge in [0.25, 0.3) is 0 Å². The van der Waals surface area contributed by atoms with Gasteiger partial charge in [-0.25, -0.2) is 9.18 Å². The summed E-state index contributed by atoms with van der Waals surface area (Å²) in [6.45, 7) is 1.87. The quantitative estimate of drug-likeness (QED) is 0.874. The molecule has 1 aliphatic carbocycles. The molecule has 2 atom stereocenters. The van der Waals surface area contributed by atoms with E-state index in [0.29, 0.717) is 11.7 Å². The van der Waals surface area contributed by atoms with Crippen molar-refractivity contribution < 1.29 is 9.18 Å². The molecule has 1 fully saturated rings. The molecule has 2 amide bonds. The molecule has 3 rings (SSSR count). The van der Waals surface area contributed by atoms with Crippen LogP contribution in [0.5, 0.6) is 0 Å². The summed E-state index contributed by atoms with van der Waals surface area (Å²) in [5.74, 6) is 0.796. The van der Waals surface area contributed by atoms with Gasteiger partial charge in [0, 0.05) is 7.05 Å². The molecule has 0 saturated heterocycles. The second kappa shape index (κ2) is 7.63. The third-order valence-corrected chi connectivity index (χ3v) is 4.87. The predicted molar refractivity (Wildman–Crippen MR) is 92.2 cm³/mol. The molecule has 0 spiro atoms. The molecule has 134 valence electrons. The zero-order valence-electron chi connectivity index (χ0n) is 14.6. The number of benzene rings is 1. The maximum Gasteiger partial charge on any atom is 0.315 e. The molecule has 2 aromatic rings. The fourth-order valence-corrected chi connectivity index (χ4v) is 3.56. The molecule has 1 saturated carbocycles. The van der Waals surface area contributed by atoms with Crippen LogP contribution in [0.3, 0.4) is 0 Å². The van der Waals surface area contributed by atoms with Crippen LogP contribution in [0.4, 0.5) is 9.18 Å². The third-order valence-electron chi connectivity index (χ3n) is 4.87. The lowest BCUT2D eigenvalue weighted by molar-refractivity contribution is 0.227. The van der Waals surface area contributed by atoms with Crippen LogP contribution < -0.4 is 10.6 Å². The van der Waals surface area contributed by atoms with Crippen LogP contribution in [0.25, 0.3) is 0 Å². The van der Waals surface area contributed by atoms with Gasteiger partial charge in [0.05, 0.1) is 12.1 Å². The van der Waals surface area contributed by atoms with Gasteiger partial charge in [-0.15, -0.1) is 10.2 Å². The van der Waals surface area contributed by atoms with E-state index in [-0.39, 0.29) is 23.9 Å². The van der Waals surface area contributed by atoms with Crippen LogP contribution in [0.1, 0.15) is 56.1 Å². The smallest absolute Gasteiger partial charge is 0.315 e. The maximum absolute atomic E-state index is 13.2. The third kappa shape index (κ3) is 4.15. The average Bonchev–Trinajstić information content (AvgIpc) is 3.25. The Kier molecular flexibility index (Phi) is 5.31. The molecule has 1 aromatic heterocycles. The first-order chi connectivity index (χ1) is 12.0. The number of aromatic nitrogens is 3. The van der Waals surface area contributed by atoms with Crippen molar-refractivity contribution in [3.63, 3.8) is 0 Å². The standard InChI is InChI=1S/C18H24FN5O/c1-12(17-23-20-11-24(17)2)21-18(25)22-16(13-5-3-4-6-13)14-7-9-15(19)10-8-14/h7-13,16H,3-6H2,1-2H3,(H2,21,22,25)/t12-,16+/m0/s1. The number of hydrogen-bond donors (Lipinski definition) is 2. The SMILES string of the molecule is C[C@H](NC(=O)N[C@@H](c1ccc(F)cc1)C1CCCC1)c1nncn1C. The zero-order valence-corrected chi connectivity index (χ0v) is 14.6. The van der Waals surface area contributed by atoms with E-state index >= 15 is 0 Å². The largest absolute Gasteiger partial charge is 0.331 e. The van der Waals surface area contributed by atoms with E-state index in [1.807, 2.05) is 14.0 Å². The molecule has 0 radical (unpaired) electrons. The normalized spacial score (nSPS) is 17.2. The Morgan fingerprint density at radius 2 is 1.92 bits per heavy atom. The van der Waals surface area contributed by atoms with Crippen LogP contribution in [-0.4, -0.2) is 20.8 Å². The van der Waals surface area contributed by atoms with E-state index in [9.17, 15) is 9.18 Å². The van der Waals surface area contributed by atoms with E-state index in [1.54, 1.807) is 23.0 Å². The average molecular weight is 345 g/mol.